The first-order chi connectivity index (χ1) is 8.16. The molecule has 0 aliphatic carbocycles. The second kappa shape index (κ2) is 4.97. The number of thiocarbonyl (C=S) groups is 1. The standard InChI is InChI=1S/C12H13N3OS/c1-8(10-3-2-6-16-10)15-11-7-9(12(13)17)4-5-14-11/h2-8H,1H3,(H2,13,17)(H,14,15). The summed E-state index contributed by atoms with van der Waals surface area (Å²) in [5, 5.41) is 3.22. The maximum absolute atomic E-state index is 5.57. The molecule has 2 rings (SSSR count). The summed E-state index contributed by atoms with van der Waals surface area (Å²) in [5.41, 5.74) is 6.36. The van der Waals surface area contributed by atoms with Crippen LogP contribution in [0.1, 0.15) is 24.3 Å². The van der Waals surface area contributed by atoms with Crippen molar-refractivity contribution < 1.29 is 4.42 Å². The van der Waals surface area contributed by atoms with Gasteiger partial charge in [0.05, 0.1) is 12.3 Å². The van der Waals surface area contributed by atoms with E-state index in [0.29, 0.717) is 4.99 Å². The van der Waals surface area contributed by atoms with Gasteiger partial charge < -0.3 is 15.5 Å². The summed E-state index contributed by atoms with van der Waals surface area (Å²) in [6, 6.07) is 7.41. The van der Waals surface area contributed by atoms with Crippen molar-refractivity contribution in [2.24, 2.45) is 5.73 Å². The summed E-state index contributed by atoms with van der Waals surface area (Å²) >= 11 is 4.92. The van der Waals surface area contributed by atoms with Gasteiger partial charge in [-0.05, 0) is 31.2 Å². The SMILES string of the molecule is CC(Nc1cc(C(N)=S)ccn1)c1ccco1. The van der Waals surface area contributed by atoms with Crippen LogP contribution in [-0.4, -0.2) is 9.97 Å². The number of aromatic nitrogens is 1. The lowest BCUT2D eigenvalue weighted by molar-refractivity contribution is 0.490. The van der Waals surface area contributed by atoms with Gasteiger partial charge in [0.1, 0.15) is 16.6 Å². The van der Waals surface area contributed by atoms with Crippen LogP contribution in [-0.2, 0) is 0 Å². The molecule has 0 amide bonds. The second-order valence-corrected chi connectivity index (χ2v) is 4.12. The molecule has 0 bridgehead atoms. The van der Waals surface area contributed by atoms with Crippen molar-refractivity contribution in [2.75, 3.05) is 5.32 Å². The summed E-state index contributed by atoms with van der Waals surface area (Å²) < 4.78 is 5.30. The highest BCUT2D eigenvalue weighted by atomic mass is 32.1. The number of pyridine rings is 1. The number of rotatable bonds is 4. The van der Waals surface area contributed by atoms with Crippen molar-refractivity contribution >= 4 is 23.0 Å². The number of furan rings is 1. The van der Waals surface area contributed by atoms with Crippen LogP contribution in [0.15, 0.2) is 41.1 Å². The number of hydrogen-bond acceptors (Lipinski definition) is 4. The fraction of sp³-hybridized carbons (Fsp3) is 0.167. The average Bonchev–Trinajstić information content (AvgIpc) is 2.82. The monoisotopic (exact) mass is 247 g/mol. The van der Waals surface area contributed by atoms with Crippen molar-refractivity contribution in [1.82, 2.24) is 4.98 Å². The van der Waals surface area contributed by atoms with E-state index < -0.39 is 0 Å². The highest BCUT2D eigenvalue weighted by Crippen LogP contribution is 2.18. The highest BCUT2D eigenvalue weighted by Gasteiger charge is 2.08. The predicted molar refractivity (Wildman–Crippen MR) is 70.9 cm³/mol. The largest absolute Gasteiger partial charge is 0.467 e. The molecule has 0 saturated heterocycles. The minimum Gasteiger partial charge on any atom is -0.467 e. The van der Waals surface area contributed by atoms with Crippen molar-refractivity contribution in [3.63, 3.8) is 0 Å². The molecule has 0 aromatic carbocycles. The number of nitrogens with zero attached hydrogens (tertiary/aromatic N) is 1. The minimum absolute atomic E-state index is 0.0408. The van der Waals surface area contributed by atoms with Gasteiger partial charge in [0.2, 0.25) is 0 Å². The number of nitrogens with one attached hydrogen (secondary N) is 1. The minimum atomic E-state index is 0.0408. The molecule has 2 aromatic heterocycles. The topological polar surface area (TPSA) is 64.1 Å². The van der Waals surface area contributed by atoms with Gasteiger partial charge in [-0.25, -0.2) is 4.98 Å². The van der Waals surface area contributed by atoms with Crippen LogP contribution in [0, 0.1) is 0 Å². The molecule has 1 atom stereocenters. The fourth-order valence-electron chi connectivity index (χ4n) is 1.49. The quantitative estimate of drug-likeness (QED) is 0.813. The lowest BCUT2D eigenvalue weighted by atomic mass is 10.2. The summed E-state index contributed by atoms with van der Waals surface area (Å²) in [4.78, 5) is 4.57. The van der Waals surface area contributed by atoms with E-state index in [-0.39, 0.29) is 6.04 Å². The van der Waals surface area contributed by atoms with Crippen molar-refractivity contribution in [3.8, 4) is 0 Å². The van der Waals surface area contributed by atoms with Crippen LogP contribution < -0.4 is 11.1 Å². The van der Waals surface area contributed by atoms with Crippen molar-refractivity contribution in [2.45, 2.75) is 13.0 Å². The van der Waals surface area contributed by atoms with Crippen LogP contribution in [0.25, 0.3) is 0 Å². The molecule has 2 heterocycles. The lowest BCUT2D eigenvalue weighted by Crippen LogP contribution is -2.12. The third-order valence-electron chi connectivity index (χ3n) is 2.38. The Hall–Kier alpha value is -1.88. The zero-order chi connectivity index (χ0) is 12.3. The van der Waals surface area contributed by atoms with Crippen LogP contribution in [0.3, 0.4) is 0 Å². The van der Waals surface area contributed by atoms with Gasteiger partial charge >= 0.3 is 0 Å². The third-order valence-corrected chi connectivity index (χ3v) is 2.61. The van der Waals surface area contributed by atoms with Crippen molar-refractivity contribution in [3.05, 3.63) is 48.0 Å². The molecular formula is C12H13N3OS. The number of anilines is 1. The van der Waals surface area contributed by atoms with Crippen LogP contribution in [0.2, 0.25) is 0 Å². The Morgan fingerprint density at radius 2 is 2.35 bits per heavy atom. The van der Waals surface area contributed by atoms with E-state index in [9.17, 15) is 0 Å². The molecule has 17 heavy (non-hydrogen) atoms. The Morgan fingerprint density at radius 1 is 1.53 bits per heavy atom. The van der Waals surface area contributed by atoms with Gasteiger partial charge in [-0.15, -0.1) is 0 Å². The first kappa shape index (κ1) is 11.6. The molecule has 0 fully saturated rings. The van der Waals surface area contributed by atoms with E-state index in [0.717, 1.165) is 17.1 Å². The smallest absolute Gasteiger partial charge is 0.127 e. The maximum Gasteiger partial charge on any atom is 0.127 e. The summed E-state index contributed by atoms with van der Waals surface area (Å²) in [6.07, 6.45) is 3.32. The molecule has 0 radical (unpaired) electrons. The van der Waals surface area contributed by atoms with Gasteiger partial charge in [0, 0.05) is 11.8 Å². The summed E-state index contributed by atoms with van der Waals surface area (Å²) in [5.74, 6) is 1.58. The molecule has 88 valence electrons. The second-order valence-electron chi connectivity index (χ2n) is 3.68. The van der Waals surface area contributed by atoms with E-state index >= 15 is 0 Å². The zero-order valence-electron chi connectivity index (χ0n) is 9.38. The van der Waals surface area contributed by atoms with Gasteiger partial charge in [-0.3, -0.25) is 0 Å². The molecule has 3 N–H and O–H groups in total. The average molecular weight is 247 g/mol. The summed E-state index contributed by atoms with van der Waals surface area (Å²) in [7, 11) is 0. The molecule has 0 aliphatic rings. The van der Waals surface area contributed by atoms with E-state index in [1.807, 2.05) is 25.1 Å². The van der Waals surface area contributed by atoms with E-state index in [4.69, 9.17) is 22.4 Å². The van der Waals surface area contributed by atoms with Gasteiger partial charge in [-0.1, -0.05) is 12.2 Å². The molecule has 4 nitrogen and oxygen atoms in total. The molecular weight excluding hydrogens is 234 g/mol. The molecule has 2 aromatic rings. The normalized spacial score (nSPS) is 12.1. The van der Waals surface area contributed by atoms with Gasteiger partial charge in [0.25, 0.3) is 0 Å². The fourth-order valence-corrected chi connectivity index (χ4v) is 1.62. The zero-order valence-corrected chi connectivity index (χ0v) is 10.2. The maximum atomic E-state index is 5.57. The highest BCUT2D eigenvalue weighted by molar-refractivity contribution is 7.80. The predicted octanol–water partition coefficient (Wildman–Crippen LogP) is 2.48. The molecule has 0 saturated carbocycles. The van der Waals surface area contributed by atoms with Crippen LogP contribution in [0.4, 0.5) is 5.82 Å². The Morgan fingerprint density at radius 3 is 3.00 bits per heavy atom. The number of hydrogen-bond donors (Lipinski definition) is 2. The van der Waals surface area contributed by atoms with E-state index in [2.05, 4.69) is 10.3 Å². The first-order valence-corrected chi connectivity index (χ1v) is 5.63. The Bertz CT molecular complexity index is 510. The Labute approximate surface area is 105 Å². The van der Waals surface area contributed by atoms with E-state index in [1.54, 1.807) is 18.5 Å². The molecule has 0 aliphatic heterocycles. The Kier molecular flexibility index (Phi) is 3.39. The Balaban J connectivity index is 2.13. The molecule has 0 spiro atoms. The van der Waals surface area contributed by atoms with Crippen LogP contribution in [0.5, 0.6) is 0 Å². The van der Waals surface area contributed by atoms with Crippen LogP contribution >= 0.6 is 12.2 Å². The molecule has 5 heteroatoms. The number of nitrogens with two attached hydrogens (primary N) is 1. The third kappa shape index (κ3) is 2.82. The van der Waals surface area contributed by atoms with E-state index in [1.165, 1.54) is 0 Å². The summed E-state index contributed by atoms with van der Waals surface area (Å²) in [6.45, 7) is 1.99. The lowest BCUT2D eigenvalue weighted by Gasteiger charge is -2.12. The molecule has 1 unspecified atom stereocenters. The van der Waals surface area contributed by atoms with Crippen molar-refractivity contribution in [1.29, 1.82) is 0 Å². The first-order valence-electron chi connectivity index (χ1n) is 5.22. The van der Waals surface area contributed by atoms with Gasteiger partial charge in [0.15, 0.2) is 0 Å². The van der Waals surface area contributed by atoms with Gasteiger partial charge in [-0.2, -0.15) is 0 Å².